The van der Waals surface area contributed by atoms with Gasteiger partial charge < -0.3 is 15.2 Å². The zero-order chi connectivity index (χ0) is 19.3. The monoisotopic (exact) mass is 367 g/mol. The highest BCUT2D eigenvalue weighted by Crippen LogP contribution is 2.35. The molecule has 5 nitrogen and oxygen atoms in total. The van der Waals surface area contributed by atoms with Crippen molar-refractivity contribution in [2.75, 3.05) is 19.8 Å². The topological polar surface area (TPSA) is 75.6 Å². The fraction of sp³-hybridized carbons (Fsp3) is 0.364. The van der Waals surface area contributed by atoms with Crippen molar-refractivity contribution in [3.05, 3.63) is 70.8 Å². The van der Waals surface area contributed by atoms with Gasteiger partial charge in [-0.1, -0.05) is 42.0 Å². The van der Waals surface area contributed by atoms with Crippen LogP contribution in [0.5, 0.6) is 0 Å². The molecule has 1 aliphatic heterocycles. The molecule has 2 N–H and O–H groups in total. The van der Waals surface area contributed by atoms with Crippen LogP contribution in [0.25, 0.3) is 0 Å². The van der Waals surface area contributed by atoms with Gasteiger partial charge in [0, 0.05) is 19.8 Å². The third-order valence-corrected chi connectivity index (χ3v) is 5.29. The smallest absolute Gasteiger partial charge is 0.335 e. The fourth-order valence-corrected chi connectivity index (χ4v) is 3.54. The second kappa shape index (κ2) is 8.35. The second-order valence-electron chi connectivity index (χ2n) is 7.07. The molecule has 27 heavy (non-hydrogen) atoms. The minimum Gasteiger partial charge on any atom is -0.478 e. The summed E-state index contributed by atoms with van der Waals surface area (Å²) in [6.45, 7) is 3.71. The quantitative estimate of drug-likeness (QED) is 0.823. The van der Waals surface area contributed by atoms with Crippen LogP contribution in [-0.2, 0) is 21.4 Å². The average Bonchev–Trinajstić information content (AvgIpc) is 2.69. The molecule has 0 aromatic heterocycles. The first kappa shape index (κ1) is 19.1. The molecule has 0 saturated carbocycles. The maximum absolute atomic E-state index is 13.1. The number of nitrogens with one attached hydrogen (secondary N) is 1. The van der Waals surface area contributed by atoms with Gasteiger partial charge in [-0.3, -0.25) is 4.79 Å². The molecule has 3 rings (SSSR count). The number of amides is 1. The fourth-order valence-electron chi connectivity index (χ4n) is 3.54. The SMILES string of the molecule is Cc1ccc(C2(C(=O)NCCc3ccc(C(=O)O)cc3)CCOCC2)cc1. The van der Waals surface area contributed by atoms with Crippen LogP contribution in [-0.4, -0.2) is 36.7 Å². The van der Waals surface area contributed by atoms with E-state index in [9.17, 15) is 9.59 Å². The van der Waals surface area contributed by atoms with Crippen molar-refractivity contribution in [1.82, 2.24) is 5.32 Å². The Bertz CT molecular complexity index is 790. The minimum absolute atomic E-state index is 0.0387. The standard InChI is InChI=1S/C22H25NO4/c1-16-2-8-19(9-3-16)22(11-14-27-15-12-22)21(26)23-13-10-17-4-6-18(7-5-17)20(24)25/h2-9H,10-15H2,1H3,(H,23,26)(H,24,25). The Morgan fingerprint density at radius 3 is 2.26 bits per heavy atom. The van der Waals surface area contributed by atoms with Crippen molar-refractivity contribution < 1.29 is 19.4 Å². The molecule has 0 spiro atoms. The number of carboxylic acid groups (broad SMARTS) is 1. The van der Waals surface area contributed by atoms with Crippen LogP contribution >= 0.6 is 0 Å². The summed E-state index contributed by atoms with van der Waals surface area (Å²) in [6, 6.07) is 14.9. The summed E-state index contributed by atoms with van der Waals surface area (Å²) in [6.07, 6.45) is 2.01. The van der Waals surface area contributed by atoms with Crippen LogP contribution in [0.1, 0.15) is 39.9 Å². The highest BCUT2D eigenvalue weighted by molar-refractivity contribution is 5.88. The molecule has 0 unspecified atom stereocenters. The Morgan fingerprint density at radius 2 is 1.67 bits per heavy atom. The normalized spacial score (nSPS) is 15.9. The Hall–Kier alpha value is -2.66. The lowest BCUT2D eigenvalue weighted by Crippen LogP contribution is -2.48. The van der Waals surface area contributed by atoms with Gasteiger partial charge in [-0.2, -0.15) is 0 Å². The molecule has 0 radical (unpaired) electrons. The molecule has 0 atom stereocenters. The molecule has 5 heteroatoms. The largest absolute Gasteiger partial charge is 0.478 e. The van der Waals surface area contributed by atoms with Crippen molar-refractivity contribution in [3.8, 4) is 0 Å². The number of benzene rings is 2. The first-order valence-electron chi connectivity index (χ1n) is 9.27. The maximum atomic E-state index is 13.1. The van der Waals surface area contributed by atoms with Crippen LogP contribution in [0.15, 0.2) is 48.5 Å². The summed E-state index contributed by atoms with van der Waals surface area (Å²) in [5.41, 5.74) is 2.94. The van der Waals surface area contributed by atoms with E-state index < -0.39 is 11.4 Å². The number of carbonyl (C=O) groups excluding carboxylic acids is 1. The third kappa shape index (κ3) is 4.37. The lowest BCUT2D eigenvalue weighted by atomic mass is 9.73. The molecular weight excluding hydrogens is 342 g/mol. The lowest BCUT2D eigenvalue weighted by Gasteiger charge is -2.36. The Kier molecular flexibility index (Phi) is 5.91. The highest BCUT2D eigenvalue weighted by atomic mass is 16.5. The van der Waals surface area contributed by atoms with E-state index in [0.29, 0.717) is 39.0 Å². The third-order valence-electron chi connectivity index (χ3n) is 5.29. The van der Waals surface area contributed by atoms with E-state index in [-0.39, 0.29) is 11.5 Å². The van der Waals surface area contributed by atoms with Gasteiger partial charge in [0.25, 0.3) is 0 Å². The zero-order valence-electron chi connectivity index (χ0n) is 15.5. The van der Waals surface area contributed by atoms with Gasteiger partial charge in [-0.05, 0) is 49.4 Å². The van der Waals surface area contributed by atoms with Gasteiger partial charge in [0.1, 0.15) is 0 Å². The van der Waals surface area contributed by atoms with E-state index in [4.69, 9.17) is 9.84 Å². The number of ether oxygens (including phenoxy) is 1. The van der Waals surface area contributed by atoms with Gasteiger partial charge in [0.05, 0.1) is 11.0 Å². The number of rotatable bonds is 6. The Balaban J connectivity index is 1.66. The number of carbonyl (C=O) groups is 2. The molecule has 1 heterocycles. The van der Waals surface area contributed by atoms with Crippen molar-refractivity contribution >= 4 is 11.9 Å². The van der Waals surface area contributed by atoms with Crippen molar-refractivity contribution in [3.63, 3.8) is 0 Å². The Morgan fingerprint density at radius 1 is 1.04 bits per heavy atom. The molecule has 1 fully saturated rings. The van der Waals surface area contributed by atoms with E-state index in [1.807, 2.05) is 31.2 Å². The first-order valence-corrected chi connectivity index (χ1v) is 9.27. The van der Waals surface area contributed by atoms with Crippen molar-refractivity contribution in [2.45, 2.75) is 31.6 Å². The van der Waals surface area contributed by atoms with Gasteiger partial charge in [-0.15, -0.1) is 0 Å². The number of carboxylic acids is 1. The van der Waals surface area contributed by atoms with E-state index in [2.05, 4.69) is 5.32 Å². The van der Waals surface area contributed by atoms with Crippen LogP contribution in [0.2, 0.25) is 0 Å². The van der Waals surface area contributed by atoms with Gasteiger partial charge >= 0.3 is 5.97 Å². The van der Waals surface area contributed by atoms with Crippen LogP contribution in [0, 0.1) is 6.92 Å². The van der Waals surface area contributed by atoms with E-state index in [1.54, 1.807) is 24.3 Å². The second-order valence-corrected chi connectivity index (χ2v) is 7.07. The highest BCUT2D eigenvalue weighted by Gasteiger charge is 2.41. The zero-order valence-corrected chi connectivity index (χ0v) is 15.5. The predicted molar refractivity (Wildman–Crippen MR) is 103 cm³/mol. The predicted octanol–water partition coefficient (Wildman–Crippen LogP) is 3.10. The van der Waals surface area contributed by atoms with Gasteiger partial charge in [0.2, 0.25) is 5.91 Å². The van der Waals surface area contributed by atoms with Crippen molar-refractivity contribution in [1.29, 1.82) is 0 Å². The van der Waals surface area contributed by atoms with Crippen molar-refractivity contribution in [2.24, 2.45) is 0 Å². The molecule has 1 aliphatic rings. The van der Waals surface area contributed by atoms with Gasteiger partial charge in [-0.25, -0.2) is 4.79 Å². The summed E-state index contributed by atoms with van der Waals surface area (Å²) in [4.78, 5) is 24.0. The van der Waals surface area contributed by atoms with E-state index in [1.165, 1.54) is 5.56 Å². The van der Waals surface area contributed by atoms with Gasteiger partial charge in [0.15, 0.2) is 0 Å². The van der Waals surface area contributed by atoms with E-state index in [0.717, 1.165) is 11.1 Å². The number of hydrogen-bond donors (Lipinski definition) is 2. The minimum atomic E-state index is -0.936. The summed E-state index contributed by atoms with van der Waals surface area (Å²) >= 11 is 0. The summed E-state index contributed by atoms with van der Waals surface area (Å²) in [7, 11) is 0. The van der Waals surface area contributed by atoms with Crippen LogP contribution in [0.4, 0.5) is 0 Å². The maximum Gasteiger partial charge on any atom is 0.335 e. The average molecular weight is 367 g/mol. The van der Waals surface area contributed by atoms with E-state index >= 15 is 0 Å². The molecular formula is C22H25NO4. The molecule has 2 aromatic carbocycles. The molecule has 0 aliphatic carbocycles. The number of aromatic carboxylic acids is 1. The molecule has 2 aromatic rings. The lowest BCUT2D eigenvalue weighted by molar-refractivity contribution is -0.130. The van der Waals surface area contributed by atoms with Crippen LogP contribution in [0.3, 0.4) is 0 Å². The molecule has 142 valence electrons. The Labute approximate surface area is 159 Å². The number of hydrogen-bond acceptors (Lipinski definition) is 3. The molecule has 1 saturated heterocycles. The van der Waals surface area contributed by atoms with Crippen LogP contribution < -0.4 is 5.32 Å². The number of aryl methyl sites for hydroxylation is 1. The summed E-state index contributed by atoms with van der Waals surface area (Å²) in [5.74, 6) is -0.897. The summed E-state index contributed by atoms with van der Waals surface area (Å²) < 4.78 is 5.50. The molecule has 0 bridgehead atoms. The molecule has 1 amide bonds. The first-order chi connectivity index (χ1) is 13.0. The summed E-state index contributed by atoms with van der Waals surface area (Å²) in [5, 5.41) is 12.0.